The number of rotatable bonds is 5. The molecule has 1 fully saturated rings. The van der Waals surface area contributed by atoms with Crippen LogP contribution in [0.2, 0.25) is 0 Å². The Balaban J connectivity index is 1.30. The minimum Gasteiger partial charge on any atom is -0.357 e. The molecule has 4 heteroatoms. The number of hydrogen-bond acceptors (Lipinski definition) is 3. The number of nitrogens with zero attached hydrogens (tertiary/aromatic N) is 2. The Bertz CT molecular complexity index is 1270. The van der Waals surface area contributed by atoms with Crippen molar-refractivity contribution >= 4 is 17.4 Å². The Morgan fingerprint density at radius 2 is 1.46 bits per heavy atom. The van der Waals surface area contributed by atoms with Crippen molar-refractivity contribution in [1.29, 1.82) is 0 Å². The molecule has 0 unspecified atom stereocenters. The number of aromatic nitrogens is 1. The van der Waals surface area contributed by atoms with Crippen LogP contribution in [0.1, 0.15) is 41.6 Å². The molecule has 35 heavy (non-hydrogen) atoms. The highest BCUT2D eigenvalue weighted by molar-refractivity contribution is 6.05. The third-order valence-corrected chi connectivity index (χ3v) is 6.74. The number of amides is 1. The lowest BCUT2D eigenvalue weighted by molar-refractivity contribution is 0.102. The standard InChI is InChI=1S/C31H31N3O/c1-23-11-12-27(21-29(23)26-15-13-25(14-16-26)24-9-5-4-6-10-24)31(35)33-28-17-18-30(32-22-28)34-19-7-2-3-8-20-34/h4-6,9-18,21-22H,2-3,7-8,19-20H2,1H3,(H,33,35). The topological polar surface area (TPSA) is 45.2 Å². The number of hydrogen-bond donors (Lipinski definition) is 1. The third-order valence-electron chi connectivity index (χ3n) is 6.74. The molecular formula is C31H31N3O. The number of benzene rings is 3. The van der Waals surface area contributed by atoms with E-state index in [-0.39, 0.29) is 5.91 Å². The highest BCUT2D eigenvalue weighted by Gasteiger charge is 2.13. The van der Waals surface area contributed by atoms with Crippen molar-refractivity contribution in [3.05, 3.63) is 102 Å². The summed E-state index contributed by atoms with van der Waals surface area (Å²) in [6.45, 7) is 4.18. The monoisotopic (exact) mass is 461 g/mol. The molecule has 0 bridgehead atoms. The zero-order valence-electron chi connectivity index (χ0n) is 20.2. The van der Waals surface area contributed by atoms with Gasteiger partial charge in [-0.25, -0.2) is 4.98 Å². The van der Waals surface area contributed by atoms with Gasteiger partial charge < -0.3 is 10.2 Å². The van der Waals surface area contributed by atoms with Crippen LogP contribution in [0.5, 0.6) is 0 Å². The van der Waals surface area contributed by atoms with Crippen LogP contribution in [-0.2, 0) is 0 Å². The minimum atomic E-state index is -0.128. The van der Waals surface area contributed by atoms with Crippen molar-refractivity contribution < 1.29 is 4.79 Å². The van der Waals surface area contributed by atoms with E-state index in [1.54, 1.807) is 6.20 Å². The van der Waals surface area contributed by atoms with Gasteiger partial charge in [0.15, 0.2) is 0 Å². The van der Waals surface area contributed by atoms with Crippen molar-refractivity contribution in [2.45, 2.75) is 32.6 Å². The molecule has 2 heterocycles. The lowest BCUT2D eigenvalue weighted by Gasteiger charge is -2.21. The SMILES string of the molecule is Cc1ccc(C(=O)Nc2ccc(N3CCCCCC3)nc2)cc1-c1ccc(-c2ccccc2)cc1. The van der Waals surface area contributed by atoms with Crippen LogP contribution >= 0.6 is 0 Å². The fourth-order valence-electron chi connectivity index (χ4n) is 4.70. The molecule has 1 N–H and O–H groups in total. The molecule has 1 aliphatic rings. The van der Waals surface area contributed by atoms with E-state index in [4.69, 9.17) is 0 Å². The number of nitrogens with one attached hydrogen (secondary N) is 1. The second-order valence-electron chi connectivity index (χ2n) is 9.23. The number of carbonyl (C=O) groups excluding carboxylic acids is 1. The van der Waals surface area contributed by atoms with Crippen molar-refractivity contribution in [2.75, 3.05) is 23.3 Å². The second kappa shape index (κ2) is 10.6. The molecule has 0 aliphatic carbocycles. The average molecular weight is 462 g/mol. The van der Waals surface area contributed by atoms with Gasteiger partial charge in [0, 0.05) is 18.7 Å². The summed E-state index contributed by atoms with van der Waals surface area (Å²) in [5, 5.41) is 3.01. The maximum atomic E-state index is 13.0. The lowest BCUT2D eigenvalue weighted by Crippen LogP contribution is -2.24. The summed E-state index contributed by atoms with van der Waals surface area (Å²) in [5.41, 5.74) is 7.01. The Labute approximate surface area is 207 Å². The molecule has 1 aliphatic heterocycles. The largest absolute Gasteiger partial charge is 0.357 e. The van der Waals surface area contributed by atoms with E-state index in [2.05, 4.69) is 58.5 Å². The van der Waals surface area contributed by atoms with Gasteiger partial charge in [0.05, 0.1) is 11.9 Å². The summed E-state index contributed by atoms with van der Waals surface area (Å²) >= 11 is 0. The summed E-state index contributed by atoms with van der Waals surface area (Å²) in [7, 11) is 0. The number of carbonyl (C=O) groups is 1. The molecule has 3 aromatic carbocycles. The van der Waals surface area contributed by atoms with E-state index in [0.717, 1.165) is 35.6 Å². The Kier molecular flexibility index (Phi) is 6.89. The zero-order valence-corrected chi connectivity index (χ0v) is 20.2. The predicted molar refractivity (Wildman–Crippen MR) is 145 cm³/mol. The van der Waals surface area contributed by atoms with Crippen molar-refractivity contribution in [3.8, 4) is 22.3 Å². The molecule has 176 valence electrons. The first kappa shape index (κ1) is 22.9. The number of pyridine rings is 1. The first-order valence-electron chi connectivity index (χ1n) is 12.5. The van der Waals surface area contributed by atoms with Crippen LogP contribution in [-0.4, -0.2) is 24.0 Å². The normalized spacial score (nSPS) is 13.8. The Hall–Kier alpha value is -3.92. The van der Waals surface area contributed by atoms with Gasteiger partial charge in [-0.1, -0.05) is 73.5 Å². The van der Waals surface area contributed by atoms with Crippen LogP contribution in [0, 0.1) is 6.92 Å². The fourth-order valence-corrected chi connectivity index (χ4v) is 4.70. The van der Waals surface area contributed by atoms with Gasteiger partial charge >= 0.3 is 0 Å². The number of anilines is 2. The summed E-state index contributed by atoms with van der Waals surface area (Å²) in [6, 6.07) is 28.7. The molecular weight excluding hydrogens is 430 g/mol. The van der Waals surface area contributed by atoms with E-state index in [1.807, 2.05) is 48.5 Å². The predicted octanol–water partition coefficient (Wildman–Crippen LogP) is 7.36. The Morgan fingerprint density at radius 3 is 2.14 bits per heavy atom. The molecule has 0 atom stereocenters. The molecule has 4 aromatic rings. The summed E-state index contributed by atoms with van der Waals surface area (Å²) in [4.78, 5) is 20.0. The summed E-state index contributed by atoms with van der Waals surface area (Å²) < 4.78 is 0. The van der Waals surface area contributed by atoms with Gasteiger partial charge in [-0.3, -0.25) is 4.79 Å². The van der Waals surface area contributed by atoms with Crippen molar-refractivity contribution in [2.24, 2.45) is 0 Å². The van der Waals surface area contributed by atoms with E-state index < -0.39 is 0 Å². The van der Waals surface area contributed by atoms with Gasteiger partial charge in [0.2, 0.25) is 0 Å². The van der Waals surface area contributed by atoms with Gasteiger partial charge in [-0.05, 0) is 71.8 Å². The first-order chi connectivity index (χ1) is 17.2. The Morgan fingerprint density at radius 1 is 0.771 bits per heavy atom. The highest BCUT2D eigenvalue weighted by atomic mass is 16.1. The summed E-state index contributed by atoms with van der Waals surface area (Å²) in [5.74, 6) is 0.859. The average Bonchev–Trinajstić information content (AvgIpc) is 3.20. The zero-order chi connectivity index (χ0) is 24.0. The first-order valence-corrected chi connectivity index (χ1v) is 12.5. The third kappa shape index (κ3) is 5.43. The molecule has 0 saturated carbocycles. The quantitative estimate of drug-likeness (QED) is 0.338. The molecule has 0 spiro atoms. The van der Waals surface area contributed by atoms with E-state index in [0.29, 0.717) is 11.3 Å². The highest BCUT2D eigenvalue weighted by Crippen LogP contribution is 2.28. The molecule has 1 aromatic heterocycles. The number of aryl methyl sites for hydroxylation is 1. The molecule has 1 saturated heterocycles. The van der Waals surface area contributed by atoms with Crippen LogP contribution in [0.15, 0.2) is 91.1 Å². The molecule has 1 amide bonds. The van der Waals surface area contributed by atoms with Crippen LogP contribution in [0.25, 0.3) is 22.3 Å². The smallest absolute Gasteiger partial charge is 0.255 e. The minimum absolute atomic E-state index is 0.128. The molecule has 5 rings (SSSR count). The second-order valence-corrected chi connectivity index (χ2v) is 9.23. The van der Waals surface area contributed by atoms with Crippen LogP contribution in [0.3, 0.4) is 0 Å². The van der Waals surface area contributed by atoms with Gasteiger partial charge in [0.1, 0.15) is 5.82 Å². The van der Waals surface area contributed by atoms with E-state index in [1.165, 1.54) is 36.8 Å². The van der Waals surface area contributed by atoms with Crippen molar-refractivity contribution in [1.82, 2.24) is 4.98 Å². The molecule has 0 radical (unpaired) electrons. The van der Waals surface area contributed by atoms with Gasteiger partial charge in [-0.15, -0.1) is 0 Å². The van der Waals surface area contributed by atoms with Crippen LogP contribution < -0.4 is 10.2 Å². The maximum absolute atomic E-state index is 13.0. The van der Waals surface area contributed by atoms with E-state index >= 15 is 0 Å². The summed E-state index contributed by atoms with van der Waals surface area (Å²) in [6.07, 6.45) is 6.77. The van der Waals surface area contributed by atoms with Gasteiger partial charge in [0.25, 0.3) is 5.91 Å². The maximum Gasteiger partial charge on any atom is 0.255 e. The van der Waals surface area contributed by atoms with E-state index in [9.17, 15) is 4.79 Å². The van der Waals surface area contributed by atoms with Crippen LogP contribution in [0.4, 0.5) is 11.5 Å². The van der Waals surface area contributed by atoms with Crippen molar-refractivity contribution in [3.63, 3.8) is 0 Å². The molecule has 4 nitrogen and oxygen atoms in total. The fraction of sp³-hybridized carbons (Fsp3) is 0.226. The van der Waals surface area contributed by atoms with Gasteiger partial charge in [-0.2, -0.15) is 0 Å². The lowest BCUT2D eigenvalue weighted by atomic mass is 9.96.